The first kappa shape index (κ1) is 18.2. The number of fused-ring (bicyclic) bond motifs is 1. The molecule has 0 bridgehead atoms. The summed E-state index contributed by atoms with van der Waals surface area (Å²) in [5.41, 5.74) is 2.31. The molecular weight excluding hydrogens is 334 g/mol. The van der Waals surface area contributed by atoms with Crippen molar-refractivity contribution in [3.05, 3.63) is 71.8 Å². The molecule has 3 heteroatoms. The predicted octanol–water partition coefficient (Wildman–Crippen LogP) is 4.20. The highest BCUT2D eigenvalue weighted by Crippen LogP contribution is 2.39. The lowest BCUT2D eigenvalue weighted by molar-refractivity contribution is -0.141. The molecule has 2 aromatic rings. The van der Waals surface area contributed by atoms with Crippen LogP contribution < -0.4 is 0 Å². The molecule has 1 amide bonds. The summed E-state index contributed by atoms with van der Waals surface area (Å²) in [6.07, 6.45) is 5.35. The van der Waals surface area contributed by atoms with Gasteiger partial charge in [-0.25, -0.2) is 0 Å². The fourth-order valence-electron chi connectivity index (χ4n) is 4.94. The number of aliphatic hydroxyl groups is 1. The summed E-state index contributed by atoms with van der Waals surface area (Å²) in [5.74, 6) is 0.666. The molecule has 0 spiro atoms. The lowest BCUT2D eigenvalue weighted by Gasteiger charge is -2.35. The number of amides is 1. The van der Waals surface area contributed by atoms with E-state index in [0.29, 0.717) is 18.9 Å². The van der Waals surface area contributed by atoms with E-state index in [2.05, 4.69) is 24.3 Å². The minimum Gasteiger partial charge on any atom is -0.391 e. The third kappa shape index (κ3) is 4.08. The fourth-order valence-corrected chi connectivity index (χ4v) is 4.94. The number of carbonyl (C=O) groups is 1. The second kappa shape index (κ2) is 8.26. The normalized spacial score (nSPS) is 28.5. The van der Waals surface area contributed by atoms with Gasteiger partial charge in [0.05, 0.1) is 12.1 Å². The van der Waals surface area contributed by atoms with Gasteiger partial charge >= 0.3 is 0 Å². The van der Waals surface area contributed by atoms with Gasteiger partial charge in [-0.2, -0.15) is 0 Å². The number of carbonyl (C=O) groups excluding carboxylic acids is 1. The summed E-state index contributed by atoms with van der Waals surface area (Å²) in [6.45, 7) is 0.581. The quantitative estimate of drug-likeness (QED) is 0.884. The predicted molar refractivity (Wildman–Crippen MR) is 107 cm³/mol. The smallest absolute Gasteiger partial charge is 0.226 e. The van der Waals surface area contributed by atoms with Gasteiger partial charge in [-0.15, -0.1) is 0 Å². The van der Waals surface area contributed by atoms with Gasteiger partial charge in [0.25, 0.3) is 0 Å². The number of hydrogen-bond donors (Lipinski definition) is 1. The number of nitrogens with zero attached hydrogens (tertiary/aromatic N) is 1. The molecule has 4 atom stereocenters. The minimum absolute atomic E-state index is 0.0814. The van der Waals surface area contributed by atoms with Crippen molar-refractivity contribution in [1.29, 1.82) is 0 Å². The van der Waals surface area contributed by atoms with E-state index in [1.807, 2.05) is 41.3 Å². The van der Waals surface area contributed by atoms with Crippen LogP contribution in [0.25, 0.3) is 0 Å². The molecule has 3 nitrogen and oxygen atoms in total. The van der Waals surface area contributed by atoms with E-state index in [1.165, 1.54) is 12.0 Å². The maximum atomic E-state index is 13.5. The first-order chi connectivity index (χ1) is 13.2. The largest absolute Gasteiger partial charge is 0.391 e. The van der Waals surface area contributed by atoms with Crippen molar-refractivity contribution in [2.75, 3.05) is 0 Å². The Balaban J connectivity index is 1.66. The Morgan fingerprint density at radius 3 is 2.22 bits per heavy atom. The molecule has 1 aliphatic heterocycles. The van der Waals surface area contributed by atoms with Crippen LogP contribution in [0.3, 0.4) is 0 Å². The molecule has 1 N–H and O–H groups in total. The van der Waals surface area contributed by atoms with Crippen LogP contribution in [-0.4, -0.2) is 28.1 Å². The molecule has 1 saturated carbocycles. The van der Waals surface area contributed by atoms with E-state index in [4.69, 9.17) is 0 Å². The molecule has 27 heavy (non-hydrogen) atoms. The lowest BCUT2D eigenvalue weighted by Crippen LogP contribution is -2.47. The van der Waals surface area contributed by atoms with Crippen LogP contribution in [0.15, 0.2) is 60.7 Å². The third-order valence-corrected chi connectivity index (χ3v) is 6.38. The van der Waals surface area contributed by atoms with E-state index >= 15 is 0 Å². The Hall–Kier alpha value is -2.13. The van der Waals surface area contributed by atoms with Crippen LogP contribution in [-0.2, 0) is 17.8 Å². The zero-order valence-corrected chi connectivity index (χ0v) is 15.8. The van der Waals surface area contributed by atoms with E-state index in [1.54, 1.807) is 0 Å². The van der Waals surface area contributed by atoms with Gasteiger partial charge in [0.15, 0.2) is 0 Å². The highest BCUT2D eigenvalue weighted by molar-refractivity contribution is 5.80. The number of likely N-dealkylation sites (tertiary alicyclic amines) is 1. The lowest BCUT2D eigenvalue weighted by atomic mass is 9.76. The van der Waals surface area contributed by atoms with Crippen molar-refractivity contribution in [2.45, 2.75) is 57.2 Å². The summed E-state index contributed by atoms with van der Waals surface area (Å²) in [5, 5.41) is 11.1. The second-order valence-electron chi connectivity index (χ2n) is 8.16. The first-order valence-electron chi connectivity index (χ1n) is 10.3. The van der Waals surface area contributed by atoms with Crippen molar-refractivity contribution in [3.8, 4) is 0 Å². The standard InChI is InChI=1S/C24H29NO2/c26-23-16-20-13-7-8-14-21(20)24(27)25(17-19-11-5-2-6-12-19)22(23)15-18-9-3-1-4-10-18/h1-6,9-12,20-23,26H,7-8,13-17H2/t20-,21+,22-,23-/m1/s1. The van der Waals surface area contributed by atoms with E-state index in [9.17, 15) is 9.90 Å². The maximum absolute atomic E-state index is 13.5. The van der Waals surface area contributed by atoms with E-state index in [-0.39, 0.29) is 17.9 Å². The number of rotatable bonds is 4. The third-order valence-electron chi connectivity index (χ3n) is 6.38. The summed E-state index contributed by atoms with van der Waals surface area (Å²) < 4.78 is 0. The zero-order chi connectivity index (χ0) is 18.6. The molecule has 1 heterocycles. The molecule has 0 radical (unpaired) electrons. The number of aliphatic hydroxyl groups excluding tert-OH is 1. The molecule has 2 aromatic carbocycles. The number of hydrogen-bond acceptors (Lipinski definition) is 2. The van der Waals surface area contributed by atoms with Crippen LogP contribution in [0.5, 0.6) is 0 Å². The van der Waals surface area contributed by atoms with Crippen LogP contribution in [0, 0.1) is 11.8 Å². The first-order valence-corrected chi connectivity index (χ1v) is 10.3. The molecule has 0 aromatic heterocycles. The Kier molecular flexibility index (Phi) is 5.58. The Morgan fingerprint density at radius 1 is 0.889 bits per heavy atom. The molecule has 1 saturated heterocycles. The maximum Gasteiger partial charge on any atom is 0.226 e. The van der Waals surface area contributed by atoms with Gasteiger partial charge < -0.3 is 10.0 Å². The summed E-state index contributed by atoms with van der Waals surface area (Å²) in [6, 6.07) is 20.3. The zero-order valence-electron chi connectivity index (χ0n) is 15.8. The fraction of sp³-hybridized carbons (Fsp3) is 0.458. The molecule has 0 unspecified atom stereocenters. The summed E-state index contributed by atoms with van der Waals surface area (Å²) in [7, 11) is 0. The Bertz CT molecular complexity index is 745. The Morgan fingerprint density at radius 2 is 1.52 bits per heavy atom. The molecule has 4 rings (SSSR count). The van der Waals surface area contributed by atoms with Crippen molar-refractivity contribution >= 4 is 5.91 Å². The minimum atomic E-state index is -0.467. The SMILES string of the molecule is O=C1[C@H]2CCCC[C@@H]2C[C@@H](O)[C@@H](Cc2ccccc2)N1Cc1ccccc1. The van der Waals surface area contributed by atoms with Crippen molar-refractivity contribution in [2.24, 2.45) is 11.8 Å². The van der Waals surface area contributed by atoms with Gasteiger partial charge in [0.2, 0.25) is 5.91 Å². The van der Waals surface area contributed by atoms with Gasteiger partial charge in [-0.1, -0.05) is 73.5 Å². The molecule has 142 valence electrons. The van der Waals surface area contributed by atoms with Crippen molar-refractivity contribution in [1.82, 2.24) is 4.90 Å². The van der Waals surface area contributed by atoms with Crippen LogP contribution >= 0.6 is 0 Å². The topological polar surface area (TPSA) is 40.5 Å². The highest BCUT2D eigenvalue weighted by Gasteiger charge is 2.43. The monoisotopic (exact) mass is 363 g/mol. The second-order valence-corrected chi connectivity index (χ2v) is 8.16. The van der Waals surface area contributed by atoms with Gasteiger partial charge in [0, 0.05) is 12.5 Å². The average molecular weight is 364 g/mol. The summed E-state index contributed by atoms with van der Waals surface area (Å²) >= 11 is 0. The van der Waals surface area contributed by atoms with Crippen LogP contribution in [0.1, 0.15) is 43.2 Å². The highest BCUT2D eigenvalue weighted by atomic mass is 16.3. The average Bonchev–Trinajstić information content (AvgIpc) is 2.80. The van der Waals surface area contributed by atoms with Crippen LogP contribution in [0.2, 0.25) is 0 Å². The Labute approximate surface area is 162 Å². The van der Waals surface area contributed by atoms with Gasteiger partial charge in [-0.05, 0) is 42.7 Å². The number of benzene rings is 2. The van der Waals surface area contributed by atoms with Gasteiger partial charge in [0.1, 0.15) is 0 Å². The van der Waals surface area contributed by atoms with Crippen LogP contribution in [0.4, 0.5) is 0 Å². The van der Waals surface area contributed by atoms with E-state index in [0.717, 1.165) is 31.2 Å². The molecule has 2 fully saturated rings. The van der Waals surface area contributed by atoms with E-state index < -0.39 is 6.10 Å². The molecule has 2 aliphatic rings. The van der Waals surface area contributed by atoms with Crippen molar-refractivity contribution < 1.29 is 9.90 Å². The molecule has 1 aliphatic carbocycles. The van der Waals surface area contributed by atoms with Gasteiger partial charge in [-0.3, -0.25) is 4.79 Å². The van der Waals surface area contributed by atoms with Crippen molar-refractivity contribution in [3.63, 3.8) is 0 Å². The summed E-state index contributed by atoms with van der Waals surface area (Å²) in [4.78, 5) is 15.5. The molecular formula is C24H29NO2.